The van der Waals surface area contributed by atoms with Gasteiger partial charge in [-0.25, -0.2) is 0 Å². The number of hydrogen-bond acceptors (Lipinski definition) is 4. The van der Waals surface area contributed by atoms with E-state index in [1.165, 1.54) is 154 Å². The first-order valence-corrected chi connectivity index (χ1v) is 18.8. The number of carbonyl (C=O) groups is 1. The largest absolute Gasteiger partial charge is 0.395 e. The van der Waals surface area contributed by atoms with Crippen LogP contribution in [0.1, 0.15) is 194 Å². The second-order valence-electron chi connectivity index (χ2n) is 12.9. The maximum atomic E-state index is 12.7. The van der Waals surface area contributed by atoms with E-state index in [1.807, 2.05) is 0 Å². The van der Waals surface area contributed by atoms with Crippen LogP contribution in [-0.4, -0.2) is 60.0 Å². The van der Waals surface area contributed by atoms with Crippen LogP contribution in [0.15, 0.2) is 0 Å². The number of unbranched alkanes of at least 4 members (excludes halogenated alkanes) is 25. The minimum Gasteiger partial charge on any atom is -0.395 e. The topological polar surface area (TPSA) is 70.0 Å². The minimum atomic E-state index is -0.696. The van der Waals surface area contributed by atoms with Crippen molar-refractivity contribution in [2.24, 2.45) is 0 Å². The van der Waals surface area contributed by atoms with E-state index < -0.39 is 6.10 Å². The quantitative estimate of drug-likeness (QED) is 0.0713. The molecule has 0 aromatic carbocycles. The third kappa shape index (κ3) is 30.8. The van der Waals surface area contributed by atoms with E-state index in [4.69, 9.17) is 4.74 Å². The molecule has 2 N–H and O–H groups in total. The summed E-state index contributed by atoms with van der Waals surface area (Å²) < 4.78 is 5.69. The van der Waals surface area contributed by atoms with Gasteiger partial charge < -0.3 is 19.8 Å². The molecule has 42 heavy (non-hydrogen) atoms. The Hall–Kier alpha value is -0.650. The van der Waals surface area contributed by atoms with Crippen LogP contribution < -0.4 is 0 Å². The number of aliphatic hydroxyl groups is 2. The highest BCUT2D eigenvalue weighted by atomic mass is 16.5. The summed E-state index contributed by atoms with van der Waals surface area (Å²) in [6.07, 6.45) is 35.3. The zero-order chi connectivity index (χ0) is 30.8. The summed E-state index contributed by atoms with van der Waals surface area (Å²) in [4.78, 5) is 14.3. The Morgan fingerprint density at radius 1 is 0.571 bits per heavy atom. The number of nitrogens with zero attached hydrogens (tertiary/aromatic N) is 1. The number of rotatable bonds is 35. The van der Waals surface area contributed by atoms with Crippen molar-refractivity contribution in [2.75, 3.05) is 32.9 Å². The monoisotopic (exact) mass is 598 g/mol. The van der Waals surface area contributed by atoms with Crippen LogP contribution in [0, 0.1) is 0 Å². The molecule has 0 bridgehead atoms. The fourth-order valence-corrected chi connectivity index (χ4v) is 5.82. The van der Waals surface area contributed by atoms with Crippen LogP contribution in [-0.2, 0) is 9.53 Å². The van der Waals surface area contributed by atoms with Crippen molar-refractivity contribution >= 4 is 5.91 Å². The average Bonchev–Trinajstić information content (AvgIpc) is 2.99. The van der Waals surface area contributed by atoms with Gasteiger partial charge in [0.2, 0.25) is 5.91 Å². The second-order valence-corrected chi connectivity index (χ2v) is 12.9. The Morgan fingerprint density at radius 2 is 0.929 bits per heavy atom. The minimum absolute atomic E-state index is 0.0400. The summed E-state index contributed by atoms with van der Waals surface area (Å²) in [5.74, 6) is 0.0400. The first-order chi connectivity index (χ1) is 20.7. The third-order valence-electron chi connectivity index (χ3n) is 8.60. The highest BCUT2D eigenvalue weighted by Crippen LogP contribution is 2.15. The molecule has 0 aromatic heterocycles. The van der Waals surface area contributed by atoms with Crippen molar-refractivity contribution < 1.29 is 19.7 Å². The lowest BCUT2D eigenvalue weighted by Gasteiger charge is -2.24. The summed E-state index contributed by atoms with van der Waals surface area (Å²) >= 11 is 0. The molecule has 0 radical (unpaired) electrons. The van der Waals surface area contributed by atoms with E-state index in [0.29, 0.717) is 13.0 Å². The number of amides is 1. The van der Waals surface area contributed by atoms with Gasteiger partial charge in [-0.1, -0.05) is 174 Å². The predicted molar refractivity (Wildman–Crippen MR) is 181 cm³/mol. The SMILES string of the molecule is CCCCCCCCCCCCCCCCOC[C@@H](O)CN(CCO)C(=O)CCCCCCCCCCCCCCC. The fraction of sp³-hybridized carbons (Fsp3) is 0.973. The van der Waals surface area contributed by atoms with Gasteiger partial charge in [0.05, 0.1) is 19.3 Å². The second kappa shape index (κ2) is 34.8. The van der Waals surface area contributed by atoms with Crippen LogP contribution in [0.3, 0.4) is 0 Å². The standard InChI is InChI=1S/C37H75NO4/c1-3-5-7-9-11-13-15-17-19-21-23-25-27-29-33-42-35-36(40)34-38(31-32-39)37(41)30-28-26-24-22-20-18-16-14-12-10-8-6-4-2/h36,39-40H,3-35H2,1-2H3/t36-/m0/s1. The molecule has 0 rings (SSSR count). The molecule has 0 saturated heterocycles. The Bertz CT molecular complexity index is 530. The van der Waals surface area contributed by atoms with Crippen LogP contribution in [0.25, 0.3) is 0 Å². The van der Waals surface area contributed by atoms with Crippen molar-refractivity contribution in [1.82, 2.24) is 4.90 Å². The highest BCUT2D eigenvalue weighted by Gasteiger charge is 2.17. The molecule has 0 aliphatic rings. The highest BCUT2D eigenvalue weighted by molar-refractivity contribution is 5.76. The molecule has 0 aromatic rings. The first-order valence-electron chi connectivity index (χ1n) is 18.8. The van der Waals surface area contributed by atoms with Gasteiger partial charge >= 0.3 is 0 Å². The van der Waals surface area contributed by atoms with E-state index in [1.54, 1.807) is 4.90 Å². The van der Waals surface area contributed by atoms with Crippen molar-refractivity contribution in [3.63, 3.8) is 0 Å². The van der Waals surface area contributed by atoms with Crippen LogP contribution in [0.4, 0.5) is 0 Å². The van der Waals surface area contributed by atoms with E-state index in [0.717, 1.165) is 19.3 Å². The van der Waals surface area contributed by atoms with Crippen LogP contribution in [0.5, 0.6) is 0 Å². The summed E-state index contributed by atoms with van der Waals surface area (Å²) in [6, 6.07) is 0. The van der Waals surface area contributed by atoms with Crippen LogP contribution in [0.2, 0.25) is 0 Å². The van der Waals surface area contributed by atoms with Gasteiger partial charge in [-0.15, -0.1) is 0 Å². The van der Waals surface area contributed by atoms with Gasteiger partial charge in [-0.05, 0) is 12.8 Å². The molecule has 0 spiro atoms. The third-order valence-corrected chi connectivity index (χ3v) is 8.60. The van der Waals surface area contributed by atoms with Gasteiger partial charge in [-0.3, -0.25) is 4.79 Å². The smallest absolute Gasteiger partial charge is 0.222 e. The fourth-order valence-electron chi connectivity index (χ4n) is 5.82. The maximum Gasteiger partial charge on any atom is 0.222 e. The molecule has 1 amide bonds. The predicted octanol–water partition coefficient (Wildman–Crippen LogP) is 10.1. The number of aliphatic hydroxyl groups excluding tert-OH is 2. The zero-order valence-corrected chi connectivity index (χ0v) is 28.6. The normalized spacial score (nSPS) is 12.2. The van der Waals surface area contributed by atoms with Crippen LogP contribution >= 0.6 is 0 Å². The number of carbonyl (C=O) groups excluding carboxylic acids is 1. The zero-order valence-electron chi connectivity index (χ0n) is 28.6. The molecule has 5 nitrogen and oxygen atoms in total. The molecular formula is C37H75NO4. The molecule has 252 valence electrons. The lowest BCUT2D eigenvalue weighted by molar-refractivity contribution is -0.134. The summed E-state index contributed by atoms with van der Waals surface area (Å²) in [5, 5.41) is 19.8. The Balaban J connectivity index is 3.62. The van der Waals surface area contributed by atoms with Gasteiger partial charge in [0.1, 0.15) is 0 Å². The van der Waals surface area contributed by atoms with E-state index in [9.17, 15) is 15.0 Å². The van der Waals surface area contributed by atoms with Crippen molar-refractivity contribution in [3.05, 3.63) is 0 Å². The van der Waals surface area contributed by atoms with Gasteiger partial charge in [-0.2, -0.15) is 0 Å². The van der Waals surface area contributed by atoms with E-state index >= 15 is 0 Å². The Morgan fingerprint density at radius 3 is 1.31 bits per heavy atom. The number of ether oxygens (including phenoxy) is 1. The van der Waals surface area contributed by atoms with E-state index in [2.05, 4.69) is 13.8 Å². The molecule has 5 heteroatoms. The average molecular weight is 598 g/mol. The molecule has 1 atom stereocenters. The molecule has 0 aliphatic carbocycles. The molecule has 0 fully saturated rings. The van der Waals surface area contributed by atoms with Gasteiger partial charge in [0.25, 0.3) is 0 Å². The molecule has 0 saturated carbocycles. The lowest BCUT2D eigenvalue weighted by atomic mass is 10.0. The van der Waals surface area contributed by atoms with E-state index in [-0.39, 0.29) is 32.2 Å². The van der Waals surface area contributed by atoms with Crippen molar-refractivity contribution in [2.45, 2.75) is 200 Å². The summed E-state index contributed by atoms with van der Waals surface area (Å²) in [7, 11) is 0. The molecule has 0 aliphatic heterocycles. The first kappa shape index (κ1) is 41.4. The number of hydrogen-bond donors (Lipinski definition) is 2. The Labute approximate surface area is 263 Å². The maximum absolute atomic E-state index is 12.7. The van der Waals surface area contributed by atoms with Gasteiger partial charge in [0.15, 0.2) is 0 Å². The summed E-state index contributed by atoms with van der Waals surface area (Å²) in [5.41, 5.74) is 0. The summed E-state index contributed by atoms with van der Waals surface area (Å²) in [6.45, 7) is 5.93. The Kier molecular flexibility index (Phi) is 34.3. The molecule has 0 heterocycles. The lowest BCUT2D eigenvalue weighted by Crippen LogP contribution is -2.40. The molecule has 0 unspecified atom stereocenters. The molecular weight excluding hydrogens is 522 g/mol. The van der Waals surface area contributed by atoms with Crippen molar-refractivity contribution in [3.8, 4) is 0 Å². The van der Waals surface area contributed by atoms with Gasteiger partial charge in [0, 0.05) is 26.1 Å². The van der Waals surface area contributed by atoms with Crippen molar-refractivity contribution in [1.29, 1.82) is 0 Å².